The third kappa shape index (κ3) is 4.44. The maximum Gasteiger partial charge on any atom is 0.336 e. The van der Waals surface area contributed by atoms with Crippen LogP contribution >= 0.6 is 0 Å². The van der Waals surface area contributed by atoms with E-state index in [1.165, 1.54) is 6.07 Å². The summed E-state index contributed by atoms with van der Waals surface area (Å²) in [6.45, 7) is 2.36. The van der Waals surface area contributed by atoms with Crippen LogP contribution in [-0.4, -0.2) is 38.0 Å². The summed E-state index contributed by atoms with van der Waals surface area (Å²) in [5.74, 6) is -1.11. The second kappa shape index (κ2) is 6.44. The highest BCUT2D eigenvalue weighted by Gasteiger charge is 2.20. The minimum atomic E-state index is -3.50. The maximum absolute atomic E-state index is 12.0. The predicted molar refractivity (Wildman–Crippen MR) is 79.1 cm³/mol. The van der Waals surface area contributed by atoms with Crippen LogP contribution in [0.1, 0.15) is 35.2 Å². The summed E-state index contributed by atoms with van der Waals surface area (Å²) >= 11 is 0. The Kier molecular flexibility index (Phi) is 4.84. The van der Waals surface area contributed by atoms with Crippen LogP contribution in [0.2, 0.25) is 0 Å². The van der Waals surface area contributed by atoms with Gasteiger partial charge in [0.15, 0.2) is 0 Å². The second-order valence-corrected chi connectivity index (χ2v) is 7.02. The highest BCUT2D eigenvalue weighted by Crippen LogP contribution is 2.19. The van der Waals surface area contributed by atoms with E-state index < -0.39 is 16.0 Å². The fourth-order valence-corrected chi connectivity index (χ4v) is 3.47. The molecule has 1 aliphatic heterocycles. The van der Waals surface area contributed by atoms with Crippen LogP contribution in [0.5, 0.6) is 0 Å². The number of hydrogen-bond acceptors (Lipinski definition) is 4. The molecule has 116 valence electrons. The third-order valence-electron chi connectivity index (χ3n) is 3.47. The molecule has 0 radical (unpaired) electrons. The van der Waals surface area contributed by atoms with E-state index in [1.807, 2.05) is 0 Å². The number of nitrogens with one attached hydrogen (secondary N) is 1. The van der Waals surface area contributed by atoms with Crippen molar-refractivity contribution in [2.24, 2.45) is 0 Å². The summed E-state index contributed by atoms with van der Waals surface area (Å²) < 4.78 is 31.8. The molecule has 0 spiro atoms. The molecule has 1 aliphatic rings. The van der Waals surface area contributed by atoms with Gasteiger partial charge >= 0.3 is 5.97 Å². The summed E-state index contributed by atoms with van der Waals surface area (Å²) in [7, 11) is -3.50. The van der Waals surface area contributed by atoms with Gasteiger partial charge in [0.05, 0.1) is 17.4 Å². The van der Waals surface area contributed by atoms with Crippen molar-refractivity contribution in [3.63, 3.8) is 0 Å². The zero-order valence-electron chi connectivity index (χ0n) is 11.8. The van der Waals surface area contributed by atoms with E-state index in [0.717, 1.165) is 12.8 Å². The van der Waals surface area contributed by atoms with Gasteiger partial charge in [-0.25, -0.2) is 13.2 Å². The Hall–Kier alpha value is -1.60. The number of aromatic carboxylic acids is 1. The smallest absolute Gasteiger partial charge is 0.336 e. The average molecular weight is 313 g/mol. The molecule has 0 amide bonds. The summed E-state index contributed by atoms with van der Waals surface area (Å²) in [6, 6.07) is 4.48. The molecule has 1 aromatic carbocycles. The lowest BCUT2D eigenvalue weighted by molar-refractivity contribution is 0.0696. The van der Waals surface area contributed by atoms with Crippen LogP contribution < -0.4 is 4.72 Å². The van der Waals surface area contributed by atoms with Crippen molar-refractivity contribution in [1.29, 1.82) is 0 Å². The number of hydrogen-bond donors (Lipinski definition) is 2. The molecule has 1 saturated heterocycles. The number of ether oxygens (including phenoxy) is 1. The van der Waals surface area contributed by atoms with E-state index in [1.54, 1.807) is 19.1 Å². The Morgan fingerprint density at radius 3 is 2.86 bits per heavy atom. The number of benzene rings is 1. The van der Waals surface area contributed by atoms with Gasteiger partial charge in [0.25, 0.3) is 0 Å². The highest BCUT2D eigenvalue weighted by molar-refractivity contribution is 7.92. The number of anilines is 1. The summed E-state index contributed by atoms with van der Waals surface area (Å²) in [4.78, 5) is 11.0. The van der Waals surface area contributed by atoms with Crippen molar-refractivity contribution in [2.45, 2.75) is 32.3 Å². The van der Waals surface area contributed by atoms with E-state index in [2.05, 4.69) is 4.72 Å². The van der Waals surface area contributed by atoms with Crippen LogP contribution in [0.4, 0.5) is 5.69 Å². The monoisotopic (exact) mass is 313 g/mol. The lowest BCUT2D eigenvalue weighted by atomic mass is 10.1. The number of carboxylic acids is 1. The first-order valence-electron chi connectivity index (χ1n) is 6.83. The topological polar surface area (TPSA) is 92.7 Å². The fourth-order valence-electron chi connectivity index (χ4n) is 2.31. The first-order valence-corrected chi connectivity index (χ1v) is 8.49. The molecule has 1 atom stereocenters. The van der Waals surface area contributed by atoms with Crippen molar-refractivity contribution in [3.05, 3.63) is 29.3 Å². The summed E-state index contributed by atoms with van der Waals surface area (Å²) in [5.41, 5.74) is 0.949. The van der Waals surface area contributed by atoms with Crippen molar-refractivity contribution in [3.8, 4) is 0 Å². The quantitative estimate of drug-likeness (QED) is 0.838. The van der Waals surface area contributed by atoms with E-state index in [9.17, 15) is 13.2 Å². The lowest BCUT2D eigenvalue weighted by Gasteiger charge is -2.12. The Labute approximate surface area is 124 Å². The minimum Gasteiger partial charge on any atom is -0.478 e. The van der Waals surface area contributed by atoms with Gasteiger partial charge in [-0.3, -0.25) is 4.72 Å². The molecule has 1 fully saturated rings. The number of rotatable bonds is 6. The van der Waals surface area contributed by atoms with Gasteiger partial charge in [0.2, 0.25) is 10.0 Å². The number of sulfonamides is 1. The van der Waals surface area contributed by atoms with Gasteiger partial charge in [0.1, 0.15) is 0 Å². The molecule has 1 aromatic rings. The first-order chi connectivity index (χ1) is 9.87. The van der Waals surface area contributed by atoms with Crippen LogP contribution in [0.25, 0.3) is 0 Å². The normalized spacial score (nSPS) is 18.6. The fraction of sp³-hybridized carbons (Fsp3) is 0.500. The highest BCUT2D eigenvalue weighted by atomic mass is 32.2. The first kappa shape index (κ1) is 15.8. The minimum absolute atomic E-state index is 0.00849. The Balaban J connectivity index is 2.02. The van der Waals surface area contributed by atoms with Gasteiger partial charge in [-0.1, -0.05) is 6.07 Å². The number of carbonyl (C=O) groups is 1. The van der Waals surface area contributed by atoms with Crippen molar-refractivity contribution in [1.82, 2.24) is 0 Å². The molecular formula is C14H19NO5S. The van der Waals surface area contributed by atoms with Gasteiger partial charge in [-0.15, -0.1) is 0 Å². The Morgan fingerprint density at radius 1 is 1.48 bits per heavy atom. The average Bonchev–Trinajstić information content (AvgIpc) is 2.91. The van der Waals surface area contributed by atoms with E-state index in [0.29, 0.717) is 18.6 Å². The van der Waals surface area contributed by atoms with Crippen LogP contribution in [0, 0.1) is 6.92 Å². The Bertz CT molecular complexity index is 620. The van der Waals surface area contributed by atoms with Gasteiger partial charge < -0.3 is 9.84 Å². The van der Waals surface area contributed by atoms with Gasteiger partial charge in [-0.05, 0) is 43.9 Å². The number of aryl methyl sites for hydroxylation is 1. The molecule has 21 heavy (non-hydrogen) atoms. The molecule has 0 aromatic heterocycles. The van der Waals surface area contributed by atoms with E-state index in [4.69, 9.17) is 9.84 Å². The van der Waals surface area contributed by atoms with Crippen molar-refractivity contribution >= 4 is 21.7 Å². The molecule has 1 unspecified atom stereocenters. The molecular weight excluding hydrogens is 294 g/mol. The molecule has 0 bridgehead atoms. The van der Waals surface area contributed by atoms with Crippen molar-refractivity contribution < 1.29 is 23.1 Å². The van der Waals surface area contributed by atoms with Crippen molar-refractivity contribution in [2.75, 3.05) is 17.1 Å². The van der Waals surface area contributed by atoms with E-state index in [-0.39, 0.29) is 23.1 Å². The summed E-state index contributed by atoms with van der Waals surface area (Å²) in [5, 5.41) is 9.04. The lowest BCUT2D eigenvalue weighted by Crippen LogP contribution is -2.20. The van der Waals surface area contributed by atoms with Crippen LogP contribution in [0.3, 0.4) is 0 Å². The third-order valence-corrected chi connectivity index (χ3v) is 4.79. The van der Waals surface area contributed by atoms with Gasteiger partial charge in [-0.2, -0.15) is 0 Å². The SMILES string of the molecule is Cc1ccc(NS(=O)(=O)CCC2CCCO2)cc1C(=O)O. The molecule has 1 heterocycles. The van der Waals surface area contributed by atoms with Crippen LogP contribution in [-0.2, 0) is 14.8 Å². The van der Waals surface area contributed by atoms with Gasteiger partial charge in [0, 0.05) is 12.3 Å². The molecule has 6 nitrogen and oxygen atoms in total. The number of carboxylic acid groups (broad SMARTS) is 1. The molecule has 0 saturated carbocycles. The zero-order valence-corrected chi connectivity index (χ0v) is 12.6. The molecule has 2 N–H and O–H groups in total. The summed E-state index contributed by atoms with van der Waals surface area (Å²) in [6.07, 6.45) is 2.32. The zero-order chi connectivity index (χ0) is 15.5. The largest absolute Gasteiger partial charge is 0.478 e. The maximum atomic E-state index is 12.0. The second-order valence-electron chi connectivity index (χ2n) is 5.18. The Morgan fingerprint density at radius 2 is 2.24 bits per heavy atom. The molecule has 7 heteroatoms. The predicted octanol–water partition coefficient (Wildman–Crippen LogP) is 2.00. The molecule has 0 aliphatic carbocycles. The molecule has 2 rings (SSSR count). The van der Waals surface area contributed by atoms with E-state index >= 15 is 0 Å². The standard InChI is InChI=1S/C14H19NO5S/c1-10-4-5-11(9-13(10)14(16)17)15-21(18,19)8-6-12-3-2-7-20-12/h4-5,9,12,15H,2-3,6-8H2,1H3,(H,16,17). The van der Waals surface area contributed by atoms with Crippen LogP contribution in [0.15, 0.2) is 18.2 Å².